The molecule has 4 fully saturated rings. The van der Waals surface area contributed by atoms with Crippen molar-refractivity contribution in [3.8, 4) is 5.75 Å². The standard InChI is InChI=1S/C17H23NO/c1-10-2-3-15(18)16(4-10)19-17-13-6-11-5-12(8-13)9-14(17)7-11/h2-4,11-14,17H,5-9,18H2,1H3. The summed E-state index contributed by atoms with van der Waals surface area (Å²) in [4.78, 5) is 0. The molecule has 2 N–H and O–H groups in total. The highest BCUT2D eigenvalue weighted by Crippen LogP contribution is 2.54. The maximum Gasteiger partial charge on any atom is 0.142 e. The van der Waals surface area contributed by atoms with E-state index in [4.69, 9.17) is 10.5 Å². The fourth-order valence-corrected chi connectivity index (χ4v) is 4.96. The van der Waals surface area contributed by atoms with Gasteiger partial charge in [-0.1, -0.05) is 6.07 Å². The van der Waals surface area contributed by atoms with Gasteiger partial charge < -0.3 is 10.5 Å². The van der Waals surface area contributed by atoms with Crippen molar-refractivity contribution in [3.63, 3.8) is 0 Å². The highest BCUT2D eigenvalue weighted by Gasteiger charge is 2.49. The Morgan fingerprint density at radius 2 is 1.63 bits per heavy atom. The van der Waals surface area contributed by atoms with Crippen LogP contribution in [0.1, 0.15) is 37.7 Å². The van der Waals surface area contributed by atoms with Gasteiger partial charge in [0.2, 0.25) is 0 Å². The number of hydrogen-bond acceptors (Lipinski definition) is 2. The lowest BCUT2D eigenvalue weighted by molar-refractivity contribution is -0.0787. The van der Waals surface area contributed by atoms with E-state index in [2.05, 4.69) is 19.1 Å². The molecule has 0 atom stereocenters. The number of benzene rings is 1. The maximum absolute atomic E-state index is 6.38. The van der Waals surface area contributed by atoms with E-state index >= 15 is 0 Å². The minimum atomic E-state index is 0.428. The highest BCUT2D eigenvalue weighted by atomic mass is 16.5. The fourth-order valence-electron chi connectivity index (χ4n) is 4.96. The van der Waals surface area contributed by atoms with Crippen molar-refractivity contribution in [1.29, 1.82) is 0 Å². The monoisotopic (exact) mass is 257 g/mol. The van der Waals surface area contributed by atoms with Crippen LogP contribution in [0.15, 0.2) is 18.2 Å². The Morgan fingerprint density at radius 3 is 2.26 bits per heavy atom. The lowest BCUT2D eigenvalue weighted by Crippen LogP contribution is -2.50. The Morgan fingerprint density at radius 1 is 1.00 bits per heavy atom. The molecule has 4 bridgehead atoms. The van der Waals surface area contributed by atoms with Gasteiger partial charge in [0, 0.05) is 0 Å². The predicted octanol–water partition coefficient (Wildman–Crippen LogP) is 3.78. The molecule has 0 amide bonds. The third kappa shape index (κ3) is 1.92. The van der Waals surface area contributed by atoms with E-state index in [1.54, 1.807) is 0 Å². The summed E-state index contributed by atoms with van der Waals surface area (Å²) in [5.74, 6) is 4.49. The first kappa shape index (κ1) is 11.6. The molecular weight excluding hydrogens is 234 g/mol. The van der Waals surface area contributed by atoms with Crippen LogP contribution < -0.4 is 10.5 Å². The van der Waals surface area contributed by atoms with Crippen LogP contribution in [0.3, 0.4) is 0 Å². The molecule has 4 aliphatic carbocycles. The van der Waals surface area contributed by atoms with Crippen molar-refractivity contribution in [2.75, 3.05) is 5.73 Å². The molecule has 1 aromatic carbocycles. The van der Waals surface area contributed by atoms with Crippen LogP contribution in [0.4, 0.5) is 5.69 Å². The molecule has 1 aromatic rings. The van der Waals surface area contributed by atoms with E-state index in [0.717, 1.165) is 35.1 Å². The van der Waals surface area contributed by atoms with Gasteiger partial charge in [-0.05, 0) is 80.4 Å². The number of anilines is 1. The molecule has 0 saturated heterocycles. The summed E-state index contributed by atoms with van der Waals surface area (Å²) in [6, 6.07) is 6.13. The Hall–Kier alpha value is -1.18. The highest BCUT2D eigenvalue weighted by molar-refractivity contribution is 5.53. The molecule has 5 rings (SSSR count). The zero-order valence-electron chi connectivity index (χ0n) is 11.6. The third-order valence-electron chi connectivity index (χ3n) is 5.57. The van der Waals surface area contributed by atoms with Crippen molar-refractivity contribution in [2.24, 2.45) is 23.7 Å². The van der Waals surface area contributed by atoms with Gasteiger partial charge in [0.05, 0.1) is 5.69 Å². The summed E-state index contributed by atoms with van der Waals surface area (Å²) in [5.41, 5.74) is 8.09. The molecular formula is C17H23NO. The second kappa shape index (κ2) is 4.16. The molecule has 0 unspecified atom stereocenters. The fraction of sp³-hybridized carbons (Fsp3) is 0.647. The number of nitrogens with two attached hydrogens (primary N) is 1. The lowest BCUT2D eigenvalue weighted by atomic mass is 9.55. The average molecular weight is 257 g/mol. The van der Waals surface area contributed by atoms with Gasteiger partial charge in [0.25, 0.3) is 0 Å². The Balaban J connectivity index is 1.58. The van der Waals surface area contributed by atoms with E-state index in [0.29, 0.717) is 6.10 Å². The first-order chi connectivity index (χ1) is 9.19. The predicted molar refractivity (Wildman–Crippen MR) is 77.1 cm³/mol. The lowest BCUT2D eigenvalue weighted by Gasteiger charge is -2.53. The molecule has 4 aliphatic rings. The van der Waals surface area contributed by atoms with Crippen molar-refractivity contribution in [2.45, 2.75) is 45.1 Å². The van der Waals surface area contributed by atoms with Crippen LogP contribution in [0.25, 0.3) is 0 Å². The van der Waals surface area contributed by atoms with Crippen LogP contribution in [0.2, 0.25) is 0 Å². The minimum absolute atomic E-state index is 0.428. The van der Waals surface area contributed by atoms with Gasteiger partial charge in [0.1, 0.15) is 11.9 Å². The second-order valence-corrected chi connectivity index (χ2v) is 7.05. The van der Waals surface area contributed by atoms with Crippen molar-refractivity contribution < 1.29 is 4.74 Å². The van der Waals surface area contributed by atoms with Crippen LogP contribution in [-0.4, -0.2) is 6.10 Å². The molecule has 102 valence electrons. The molecule has 0 aromatic heterocycles. The summed E-state index contributed by atoms with van der Waals surface area (Å²) < 4.78 is 6.38. The number of ether oxygens (including phenoxy) is 1. The number of hydrogen-bond donors (Lipinski definition) is 1. The normalized spacial score (nSPS) is 39.5. The van der Waals surface area contributed by atoms with E-state index in [9.17, 15) is 0 Å². The Labute approximate surface area is 115 Å². The first-order valence-corrected chi connectivity index (χ1v) is 7.72. The molecule has 4 saturated carbocycles. The quantitative estimate of drug-likeness (QED) is 0.818. The van der Waals surface area contributed by atoms with Crippen molar-refractivity contribution in [3.05, 3.63) is 23.8 Å². The number of aryl methyl sites for hydroxylation is 1. The molecule has 0 aliphatic heterocycles. The van der Waals surface area contributed by atoms with E-state index in [-0.39, 0.29) is 0 Å². The molecule has 2 heteroatoms. The van der Waals surface area contributed by atoms with Crippen LogP contribution >= 0.6 is 0 Å². The van der Waals surface area contributed by atoms with Gasteiger partial charge >= 0.3 is 0 Å². The van der Waals surface area contributed by atoms with Crippen LogP contribution in [0, 0.1) is 30.6 Å². The smallest absolute Gasteiger partial charge is 0.142 e. The zero-order chi connectivity index (χ0) is 13.0. The van der Waals surface area contributed by atoms with Crippen LogP contribution in [-0.2, 0) is 0 Å². The van der Waals surface area contributed by atoms with Crippen LogP contribution in [0.5, 0.6) is 5.75 Å². The molecule has 2 nitrogen and oxygen atoms in total. The molecule has 0 spiro atoms. The topological polar surface area (TPSA) is 35.2 Å². The molecule has 19 heavy (non-hydrogen) atoms. The molecule has 0 heterocycles. The molecule has 0 radical (unpaired) electrons. The Bertz CT molecular complexity index is 468. The zero-order valence-corrected chi connectivity index (χ0v) is 11.6. The number of nitrogen functional groups attached to an aromatic ring is 1. The summed E-state index contributed by atoms with van der Waals surface area (Å²) in [6.07, 6.45) is 7.49. The van der Waals surface area contributed by atoms with Crippen molar-refractivity contribution >= 4 is 5.69 Å². The second-order valence-electron chi connectivity index (χ2n) is 7.05. The number of rotatable bonds is 2. The van der Waals surface area contributed by atoms with Gasteiger partial charge in [-0.2, -0.15) is 0 Å². The summed E-state index contributed by atoms with van der Waals surface area (Å²) in [6.45, 7) is 2.10. The van der Waals surface area contributed by atoms with Gasteiger partial charge in [-0.3, -0.25) is 0 Å². The van der Waals surface area contributed by atoms with Gasteiger partial charge in [-0.25, -0.2) is 0 Å². The van der Waals surface area contributed by atoms with E-state index in [1.807, 2.05) is 6.07 Å². The maximum atomic E-state index is 6.38. The van der Waals surface area contributed by atoms with Gasteiger partial charge in [-0.15, -0.1) is 0 Å². The average Bonchev–Trinajstić information content (AvgIpc) is 2.37. The third-order valence-corrected chi connectivity index (χ3v) is 5.57. The SMILES string of the molecule is Cc1ccc(N)c(OC2C3CC4CC(C3)CC2C4)c1. The first-order valence-electron chi connectivity index (χ1n) is 7.72. The summed E-state index contributed by atoms with van der Waals surface area (Å²) in [5, 5.41) is 0. The van der Waals surface area contributed by atoms with E-state index < -0.39 is 0 Å². The van der Waals surface area contributed by atoms with Gasteiger partial charge in [0.15, 0.2) is 0 Å². The Kier molecular flexibility index (Phi) is 2.54. The van der Waals surface area contributed by atoms with Crippen molar-refractivity contribution in [1.82, 2.24) is 0 Å². The summed E-state index contributed by atoms with van der Waals surface area (Å²) >= 11 is 0. The largest absolute Gasteiger partial charge is 0.488 e. The summed E-state index contributed by atoms with van der Waals surface area (Å²) in [7, 11) is 0. The van der Waals surface area contributed by atoms with E-state index in [1.165, 1.54) is 37.7 Å². The minimum Gasteiger partial charge on any atom is -0.488 e.